The molecule has 0 aliphatic rings. The van der Waals surface area contributed by atoms with E-state index in [0.717, 1.165) is 23.8 Å². The van der Waals surface area contributed by atoms with E-state index in [0.29, 0.717) is 5.56 Å². The van der Waals surface area contributed by atoms with Crippen LogP contribution in [-0.4, -0.2) is 22.6 Å². The molecule has 0 amide bonds. The highest BCUT2D eigenvalue weighted by atomic mass is 31.2. The van der Waals surface area contributed by atoms with E-state index in [4.69, 9.17) is 5.11 Å². The SMILES string of the molecule is CO.Cc1cc(C)c(C(=O)P(=O)(O)c2ccccc2)c(C)c1. The number of carbonyl (C=O) groups excluding carboxylic acids is 1. The quantitative estimate of drug-likeness (QED) is 0.853. The molecule has 1 atom stereocenters. The third kappa shape index (κ3) is 3.72. The minimum atomic E-state index is -4.07. The lowest BCUT2D eigenvalue weighted by atomic mass is 10.0. The maximum Gasteiger partial charge on any atom is 0.298 e. The summed E-state index contributed by atoms with van der Waals surface area (Å²) in [6.07, 6.45) is 0. The van der Waals surface area contributed by atoms with E-state index in [1.807, 2.05) is 19.1 Å². The molecule has 1 unspecified atom stereocenters. The normalized spacial score (nSPS) is 12.8. The maximum atomic E-state index is 12.5. The molecule has 0 aliphatic heterocycles. The third-order valence-corrected chi connectivity index (χ3v) is 5.04. The Balaban J connectivity index is 0.00000116. The summed E-state index contributed by atoms with van der Waals surface area (Å²) in [5, 5.41) is 7.17. The summed E-state index contributed by atoms with van der Waals surface area (Å²) in [5.41, 5.74) is 2.16. The fourth-order valence-electron chi connectivity index (χ4n) is 2.42. The highest BCUT2D eigenvalue weighted by Gasteiger charge is 2.33. The van der Waals surface area contributed by atoms with Crippen molar-refractivity contribution in [2.24, 2.45) is 0 Å². The fourth-order valence-corrected chi connectivity index (χ4v) is 3.88. The van der Waals surface area contributed by atoms with E-state index in [2.05, 4.69) is 0 Å². The van der Waals surface area contributed by atoms with Gasteiger partial charge in [-0.15, -0.1) is 0 Å². The van der Waals surface area contributed by atoms with Crippen molar-refractivity contribution >= 4 is 18.2 Å². The molecule has 118 valence electrons. The molecule has 0 fully saturated rings. The second-order valence-electron chi connectivity index (χ2n) is 4.99. The van der Waals surface area contributed by atoms with Crippen LogP contribution in [0, 0.1) is 20.8 Å². The van der Waals surface area contributed by atoms with Crippen molar-refractivity contribution in [1.29, 1.82) is 0 Å². The lowest BCUT2D eigenvalue weighted by Gasteiger charge is -2.15. The van der Waals surface area contributed by atoms with Crippen molar-refractivity contribution < 1.29 is 19.4 Å². The maximum absolute atomic E-state index is 12.5. The molecule has 2 aromatic carbocycles. The Morgan fingerprint density at radius 1 is 0.955 bits per heavy atom. The van der Waals surface area contributed by atoms with Gasteiger partial charge in [-0.1, -0.05) is 35.9 Å². The number of rotatable bonds is 3. The number of aliphatic hydroxyl groups excluding tert-OH is 1. The van der Waals surface area contributed by atoms with Crippen LogP contribution in [0.15, 0.2) is 42.5 Å². The summed E-state index contributed by atoms with van der Waals surface area (Å²) in [5.74, 6) is 0. The van der Waals surface area contributed by atoms with Gasteiger partial charge in [-0.3, -0.25) is 9.36 Å². The van der Waals surface area contributed by atoms with Crippen molar-refractivity contribution in [3.05, 3.63) is 64.7 Å². The Morgan fingerprint density at radius 2 is 1.41 bits per heavy atom. The van der Waals surface area contributed by atoms with Crippen LogP contribution in [-0.2, 0) is 4.57 Å². The van der Waals surface area contributed by atoms with Gasteiger partial charge in [-0.25, -0.2) is 0 Å². The van der Waals surface area contributed by atoms with E-state index in [1.54, 1.807) is 32.0 Å². The summed E-state index contributed by atoms with van der Waals surface area (Å²) in [6, 6.07) is 11.8. The lowest BCUT2D eigenvalue weighted by Crippen LogP contribution is -2.14. The van der Waals surface area contributed by atoms with Crippen LogP contribution in [0.1, 0.15) is 27.0 Å². The van der Waals surface area contributed by atoms with Gasteiger partial charge >= 0.3 is 0 Å². The highest BCUT2D eigenvalue weighted by Crippen LogP contribution is 2.44. The van der Waals surface area contributed by atoms with Gasteiger partial charge in [0.15, 0.2) is 0 Å². The number of hydrogen-bond donors (Lipinski definition) is 2. The fraction of sp³-hybridized carbons (Fsp3) is 0.235. The Morgan fingerprint density at radius 3 is 1.86 bits per heavy atom. The topological polar surface area (TPSA) is 74.6 Å². The smallest absolute Gasteiger partial charge is 0.298 e. The zero-order valence-corrected chi connectivity index (χ0v) is 14.1. The van der Waals surface area contributed by atoms with E-state index >= 15 is 0 Å². The van der Waals surface area contributed by atoms with Crippen molar-refractivity contribution in [1.82, 2.24) is 0 Å². The van der Waals surface area contributed by atoms with E-state index in [1.165, 1.54) is 12.1 Å². The van der Waals surface area contributed by atoms with Gasteiger partial charge in [0, 0.05) is 18.0 Å². The third-order valence-electron chi connectivity index (χ3n) is 3.27. The van der Waals surface area contributed by atoms with Crippen molar-refractivity contribution in [3.63, 3.8) is 0 Å². The summed E-state index contributed by atoms with van der Waals surface area (Å²) in [6.45, 7) is 5.51. The van der Waals surface area contributed by atoms with E-state index < -0.39 is 12.9 Å². The van der Waals surface area contributed by atoms with Gasteiger partial charge in [-0.2, -0.15) is 0 Å². The standard InChI is InChI=1S/C16H17O3P.CH4O/c1-11-9-12(2)15(13(3)10-11)16(17)20(18,19)14-7-5-4-6-8-14;1-2/h4-10H,1-3H3,(H,18,19);2H,1H3. The van der Waals surface area contributed by atoms with Gasteiger partial charge < -0.3 is 10.00 Å². The first-order chi connectivity index (χ1) is 10.3. The molecule has 0 aromatic heterocycles. The van der Waals surface area contributed by atoms with Crippen LogP contribution < -0.4 is 5.30 Å². The molecule has 2 N–H and O–H groups in total. The zero-order valence-electron chi connectivity index (χ0n) is 13.2. The predicted molar refractivity (Wildman–Crippen MR) is 89.0 cm³/mol. The molecule has 0 bridgehead atoms. The molecule has 22 heavy (non-hydrogen) atoms. The molecule has 4 nitrogen and oxygen atoms in total. The van der Waals surface area contributed by atoms with Crippen LogP contribution in [0.2, 0.25) is 0 Å². The monoisotopic (exact) mass is 320 g/mol. The summed E-state index contributed by atoms with van der Waals surface area (Å²) in [4.78, 5) is 22.7. The summed E-state index contributed by atoms with van der Waals surface area (Å²) >= 11 is 0. The second kappa shape index (κ2) is 7.50. The Hall–Kier alpha value is -1.74. The Bertz CT molecular complexity index is 685. The van der Waals surface area contributed by atoms with Crippen molar-refractivity contribution in [2.75, 3.05) is 7.11 Å². The molecule has 5 heteroatoms. The van der Waals surface area contributed by atoms with Crippen molar-refractivity contribution in [2.45, 2.75) is 20.8 Å². The molecule has 0 aliphatic carbocycles. The number of hydrogen-bond acceptors (Lipinski definition) is 3. The summed E-state index contributed by atoms with van der Waals surface area (Å²) in [7, 11) is -3.07. The van der Waals surface area contributed by atoms with Gasteiger partial charge in [0.05, 0.1) is 0 Å². The number of carbonyl (C=O) groups is 1. The van der Waals surface area contributed by atoms with Crippen LogP contribution >= 0.6 is 7.37 Å². The number of benzene rings is 2. The van der Waals surface area contributed by atoms with Gasteiger partial charge in [0.2, 0.25) is 0 Å². The van der Waals surface area contributed by atoms with Crippen LogP contribution in [0.4, 0.5) is 0 Å². The van der Waals surface area contributed by atoms with Gasteiger partial charge in [0.25, 0.3) is 12.9 Å². The number of aryl methyl sites for hydroxylation is 3. The predicted octanol–water partition coefficient (Wildman–Crippen LogP) is 2.96. The second-order valence-corrected chi connectivity index (χ2v) is 7.07. The van der Waals surface area contributed by atoms with Crippen molar-refractivity contribution in [3.8, 4) is 0 Å². The molecule has 2 aromatic rings. The minimum Gasteiger partial charge on any atom is -0.400 e. The largest absolute Gasteiger partial charge is 0.400 e. The molecule has 0 saturated heterocycles. The molecule has 0 heterocycles. The lowest BCUT2D eigenvalue weighted by molar-refractivity contribution is 0.106. The average molecular weight is 320 g/mol. The Labute approximate surface area is 130 Å². The first-order valence-corrected chi connectivity index (χ1v) is 8.46. The molecular weight excluding hydrogens is 299 g/mol. The minimum absolute atomic E-state index is 0.171. The van der Waals surface area contributed by atoms with E-state index in [-0.39, 0.29) is 5.30 Å². The summed E-state index contributed by atoms with van der Waals surface area (Å²) < 4.78 is 12.5. The molecular formula is C17H21O4P. The Kier molecular flexibility index (Phi) is 6.24. The van der Waals surface area contributed by atoms with Crippen LogP contribution in [0.25, 0.3) is 0 Å². The first kappa shape index (κ1) is 18.3. The molecule has 0 spiro atoms. The zero-order chi connectivity index (χ0) is 16.9. The van der Waals surface area contributed by atoms with Crippen LogP contribution in [0.3, 0.4) is 0 Å². The molecule has 0 radical (unpaired) electrons. The first-order valence-electron chi connectivity index (χ1n) is 6.80. The van der Waals surface area contributed by atoms with Crippen LogP contribution in [0.5, 0.6) is 0 Å². The molecule has 2 rings (SSSR count). The average Bonchev–Trinajstić information content (AvgIpc) is 2.49. The number of aliphatic hydroxyl groups is 1. The van der Waals surface area contributed by atoms with E-state index in [9.17, 15) is 14.3 Å². The van der Waals surface area contributed by atoms with Gasteiger partial charge in [-0.05, 0) is 44.0 Å². The highest BCUT2D eigenvalue weighted by molar-refractivity contribution is 7.82. The molecule has 0 saturated carbocycles. The van der Waals surface area contributed by atoms with Gasteiger partial charge in [0.1, 0.15) is 0 Å².